The zero-order valence-electron chi connectivity index (χ0n) is 18.1. The molecule has 2 fully saturated rings. The molecule has 1 N–H and O–H groups in total. The van der Waals surface area contributed by atoms with Crippen LogP contribution in [-0.2, 0) is 4.79 Å². The maximum Gasteiger partial charge on any atom is 0.227 e. The lowest BCUT2D eigenvalue weighted by Gasteiger charge is -2.48. The maximum absolute atomic E-state index is 13.2. The first-order chi connectivity index (χ1) is 12.2. The van der Waals surface area contributed by atoms with Crippen LogP contribution in [0.5, 0.6) is 0 Å². The summed E-state index contributed by atoms with van der Waals surface area (Å²) in [6, 6.07) is 0. The van der Waals surface area contributed by atoms with Crippen LogP contribution in [0.4, 0.5) is 0 Å². The SMILES string of the molecule is CCN1CCN(CC2(C(=O)NCC(C)C)CCN(C(C)(C)C)CC2)CC1. The molecule has 1 amide bonds. The molecule has 0 radical (unpaired) electrons. The summed E-state index contributed by atoms with van der Waals surface area (Å²) in [5.41, 5.74) is -0.0294. The number of nitrogens with one attached hydrogen (secondary N) is 1. The number of likely N-dealkylation sites (tertiary alicyclic amines) is 1. The van der Waals surface area contributed by atoms with Gasteiger partial charge in [0.25, 0.3) is 0 Å². The van der Waals surface area contributed by atoms with Crippen LogP contribution in [0.2, 0.25) is 0 Å². The van der Waals surface area contributed by atoms with E-state index in [2.05, 4.69) is 61.6 Å². The van der Waals surface area contributed by atoms with Gasteiger partial charge in [-0.1, -0.05) is 20.8 Å². The fourth-order valence-electron chi connectivity index (χ4n) is 4.24. The molecule has 2 aliphatic rings. The fourth-order valence-corrected chi connectivity index (χ4v) is 4.24. The summed E-state index contributed by atoms with van der Waals surface area (Å²) in [5.74, 6) is 0.788. The molecular formula is C21H42N4O. The highest BCUT2D eigenvalue weighted by Crippen LogP contribution is 2.35. The summed E-state index contributed by atoms with van der Waals surface area (Å²) in [6.45, 7) is 22.7. The molecule has 0 aliphatic carbocycles. The Bertz CT molecular complexity index is 441. The third kappa shape index (κ3) is 5.67. The van der Waals surface area contributed by atoms with Crippen molar-refractivity contribution in [3.05, 3.63) is 0 Å². The van der Waals surface area contributed by atoms with E-state index in [1.54, 1.807) is 0 Å². The van der Waals surface area contributed by atoms with Crippen molar-refractivity contribution in [2.45, 2.75) is 59.9 Å². The first kappa shape index (κ1) is 21.6. The number of likely N-dealkylation sites (N-methyl/N-ethyl adjacent to an activating group) is 1. The van der Waals surface area contributed by atoms with E-state index in [4.69, 9.17) is 0 Å². The molecule has 152 valence electrons. The van der Waals surface area contributed by atoms with E-state index in [0.717, 1.165) is 71.7 Å². The number of carbonyl (C=O) groups excluding carboxylic acids is 1. The van der Waals surface area contributed by atoms with Gasteiger partial charge in [-0.3, -0.25) is 14.6 Å². The smallest absolute Gasteiger partial charge is 0.227 e. The molecule has 0 bridgehead atoms. The van der Waals surface area contributed by atoms with Crippen molar-refractivity contribution >= 4 is 5.91 Å². The maximum atomic E-state index is 13.2. The number of amides is 1. The van der Waals surface area contributed by atoms with Gasteiger partial charge < -0.3 is 10.2 Å². The molecule has 0 saturated carbocycles. The van der Waals surface area contributed by atoms with E-state index < -0.39 is 0 Å². The molecule has 2 rings (SSSR count). The fraction of sp³-hybridized carbons (Fsp3) is 0.952. The zero-order chi connectivity index (χ0) is 19.4. The summed E-state index contributed by atoms with van der Waals surface area (Å²) >= 11 is 0. The van der Waals surface area contributed by atoms with Crippen molar-refractivity contribution in [3.8, 4) is 0 Å². The topological polar surface area (TPSA) is 38.8 Å². The van der Waals surface area contributed by atoms with Crippen LogP contribution in [-0.4, -0.2) is 85.0 Å². The highest BCUT2D eigenvalue weighted by atomic mass is 16.2. The van der Waals surface area contributed by atoms with E-state index in [1.165, 1.54) is 0 Å². The minimum Gasteiger partial charge on any atom is -0.355 e. The van der Waals surface area contributed by atoms with E-state index in [9.17, 15) is 4.79 Å². The second kappa shape index (κ2) is 9.03. The van der Waals surface area contributed by atoms with Crippen molar-refractivity contribution in [2.75, 3.05) is 58.9 Å². The van der Waals surface area contributed by atoms with E-state index in [0.29, 0.717) is 5.92 Å². The first-order valence-electron chi connectivity index (χ1n) is 10.6. The van der Waals surface area contributed by atoms with Gasteiger partial charge in [-0.05, 0) is 59.2 Å². The molecular weight excluding hydrogens is 324 g/mol. The van der Waals surface area contributed by atoms with Crippen LogP contribution >= 0.6 is 0 Å². The van der Waals surface area contributed by atoms with Gasteiger partial charge in [0.1, 0.15) is 0 Å². The Labute approximate surface area is 161 Å². The Morgan fingerprint density at radius 2 is 1.54 bits per heavy atom. The van der Waals surface area contributed by atoms with Gasteiger partial charge in [-0.15, -0.1) is 0 Å². The van der Waals surface area contributed by atoms with Crippen molar-refractivity contribution in [1.82, 2.24) is 20.0 Å². The van der Waals surface area contributed by atoms with Crippen molar-refractivity contribution < 1.29 is 4.79 Å². The summed E-state index contributed by atoms with van der Waals surface area (Å²) in [4.78, 5) is 20.8. The lowest BCUT2D eigenvalue weighted by molar-refractivity contribution is -0.137. The van der Waals surface area contributed by atoms with Crippen LogP contribution in [0.1, 0.15) is 54.4 Å². The van der Waals surface area contributed by atoms with Crippen molar-refractivity contribution in [2.24, 2.45) is 11.3 Å². The first-order valence-corrected chi connectivity index (χ1v) is 10.6. The molecule has 2 aliphatic heterocycles. The number of carbonyl (C=O) groups is 1. The van der Waals surface area contributed by atoms with Gasteiger partial charge in [-0.2, -0.15) is 0 Å². The summed E-state index contributed by atoms with van der Waals surface area (Å²) in [7, 11) is 0. The molecule has 0 unspecified atom stereocenters. The summed E-state index contributed by atoms with van der Waals surface area (Å²) in [6.07, 6.45) is 1.95. The standard InChI is InChI=1S/C21H42N4O/c1-7-23-12-14-24(15-13-23)17-21(19(26)22-16-18(2)3)8-10-25(11-9-21)20(4,5)6/h18H,7-17H2,1-6H3,(H,22,26). The van der Waals surface area contributed by atoms with Gasteiger partial charge in [0.05, 0.1) is 5.41 Å². The van der Waals surface area contributed by atoms with Gasteiger partial charge in [0.2, 0.25) is 5.91 Å². The molecule has 26 heavy (non-hydrogen) atoms. The third-order valence-electron chi connectivity index (χ3n) is 6.26. The number of hydrogen-bond acceptors (Lipinski definition) is 4. The third-order valence-corrected chi connectivity index (χ3v) is 6.26. The number of hydrogen-bond donors (Lipinski definition) is 1. The van der Waals surface area contributed by atoms with Crippen molar-refractivity contribution in [3.63, 3.8) is 0 Å². The Hall–Kier alpha value is -0.650. The van der Waals surface area contributed by atoms with Gasteiger partial charge in [0, 0.05) is 44.8 Å². The van der Waals surface area contributed by atoms with Crippen LogP contribution in [0.15, 0.2) is 0 Å². The predicted octanol–water partition coefficient (Wildman–Crippen LogP) is 2.28. The van der Waals surface area contributed by atoms with E-state index in [-0.39, 0.29) is 16.9 Å². The molecule has 2 saturated heterocycles. The molecule has 0 spiro atoms. The van der Waals surface area contributed by atoms with Crippen LogP contribution in [0.25, 0.3) is 0 Å². The van der Waals surface area contributed by atoms with Crippen LogP contribution in [0, 0.1) is 11.3 Å². The molecule has 0 aromatic heterocycles. The number of nitrogens with zero attached hydrogens (tertiary/aromatic N) is 3. The zero-order valence-corrected chi connectivity index (χ0v) is 18.1. The summed E-state index contributed by atoms with van der Waals surface area (Å²) in [5, 5.41) is 3.26. The van der Waals surface area contributed by atoms with Gasteiger partial charge in [-0.25, -0.2) is 0 Å². The average molecular weight is 367 g/mol. The predicted molar refractivity (Wildman–Crippen MR) is 109 cm³/mol. The number of piperazine rings is 1. The molecule has 5 nitrogen and oxygen atoms in total. The summed E-state index contributed by atoms with van der Waals surface area (Å²) < 4.78 is 0. The Morgan fingerprint density at radius 3 is 2.00 bits per heavy atom. The monoisotopic (exact) mass is 366 g/mol. The molecule has 2 heterocycles. The normalized spacial score (nSPS) is 23.3. The van der Waals surface area contributed by atoms with E-state index in [1.807, 2.05) is 0 Å². The molecule has 0 atom stereocenters. The second-order valence-corrected chi connectivity index (χ2v) is 9.75. The highest BCUT2D eigenvalue weighted by molar-refractivity contribution is 5.83. The minimum absolute atomic E-state index is 0.188. The molecule has 0 aromatic carbocycles. The number of piperidine rings is 1. The minimum atomic E-state index is -0.217. The quantitative estimate of drug-likeness (QED) is 0.783. The largest absolute Gasteiger partial charge is 0.355 e. The lowest BCUT2D eigenvalue weighted by atomic mass is 9.75. The highest BCUT2D eigenvalue weighted by Gasteiger charge is 2.44. The van der Waals surface area contributed by atoms with Crippen molar-refractivity contribution in [1.29, 1.82) is 0 Å². The van der Waals surface area contributed by atoms with Gasteiger partial charge in [0.15, 0.2) is 0 Å². The second-order valence-electron chi connectivity index (χ2n) is 9.75. The Morgan fingerprint density at radius 1 is 1.00 bits per heavy atom. The Balaban J connectivity index is 2.04. The molecule has 5 heteroatoms. The Kier molecular flexibility index (Phi) is 7.52. The van der Waals surface area contributed by atoms with E-state index >= 15 is 0 Å². The van der Waals surface area contributed by atoms with Gasteiger partial charge >= 0.3 is 0 Å². The lowest BCUT2D eigenvalue weighted by Crippen LogP contribution is -2.59. The van der Waals surface area contributed by atoms with Crippen LogP contribution in [0.3, 0.4) is 0 Å². The average Bonchev–Trinajstić information content (AvgIpc) is 2.60. The molecule has 0 aromatic rings. The number of rotatable bonds is 6. The van der Waals surface area contributed by atoms with Crippen LogP contribution < -0.4 is 5.32 Å².